The van der Waals surface area contributed by atoms with Crippen LogP contribution in [0.15, 0.2) is 67.3 Å². The van der Waals surface area contributed by atoms with E-state index in [2.05, 4.69) is 33.2 Å². The average Bonchev–Trinajstić information content (AvgIpc) is 3.50. The highest BCUT2D eigenvalue weighted by Crippen LogP contribution is 2.34. The lowest BCUT2D eigenvalue weighted by atomic mass is 9.93. The van der Waals surface area contributed by atoms with Gasteiger partial charge in [-0.25, -0.2) is 19.9 Å². The van der Waals surface area contributed by atoms with Gasteiger partial charge in [-0.2, -0.15) is 0 Å². The molecule has 2 aliphatic rings. The number of nitrogens with zero attached hydrogens (tertiary/aromatic N) is 7. The molecule has 0 radical (unpaired) electrons. The quantitative estimate of drug-likeness (QED) is 0.290. The SMILES string of the molecule is CC(=O)N1c2ccc(-c3ccc(C(=O)NCc4cn5cc(-c6cnc(N)nc6)nc(N6CCOCC6)c5n4)cc3)cc2CC[C@@H]1C. The van der Waals surface area contributed by atoms with Crippen LogP contribution in [0.4, 0.5) is 17.5 Å². The number of morpholine rings is 1. The molecule has 0 bridgehead atoms. The number of carbonyl (C=O) groups excluding carboxylic acids is 2. The summed E-state index contributed by atoms with van der Waals surface area (Å²) < 4.78 is 7.48. The number of nitrogen functional groups attached to an aromatic ring is 1. The molecule has 0 spiro atoms. The van der Waals surface area contributed by atoms with Crippen molar-refractivity contribution in [3.05, 3.63) is 84.1 Å². The lowest BCUT2D eigenvalue weighted by molar-refractivity contribution is -0.117. The summed E-state index contributed by atoms with van der Waals surface area (Å²) in [7, 11) is 0. The van der Waals surface area contributed by atoms with Crippen LogP contribution in [0.3, 0.4) is 0 Å². The predicted octanol–water partition coefficient (Wildman–Crippen LogP) is 3.89. The Kier molecular flexibility index (Phi) is 7.79. The Morgan fingerprint density at radius 3 is 2.46 bits per heavy atom. The van der Waals surface area contributed by atoms with E-state index < -0.39 is 0 Å². The second-order valence-corrected chi connectivity index (χ2v) is 11.7. The molecule has 46 heavy (non-hydrogen) atoms. The van der Waals surface area contributed by atoms with Crippen molar-refractivity contribution in [1.82, 2.24) is 29.7 Å². The van der Waals surface area contributed by atoms with E-state index in [0.717, 1.165) is 41.0 Å². The summed E-state index contributed by atoms with van der Waals surface area (Å²) >= 11 is 0. The van der Waals surface area contributed by atoms with Gasteiger partial charge in [0.05, 0.1) is 31.1 Å². The monoisotopic (exact) mass is 617 g/mol. The fraction of sp³-hybridized carbons (Fsp3) is 0.294. The number of hydrogen-bond donors (Lipinski definition) is 2. The molecule has 7 rings (SSSR count). The molecular formula is C34H35N9O3. The molecule has 1 saturated heterocycles. The Labute approximate surface area is 266 Å². The Hall–Kier alpha value is -5.36. The second kappa shape index (κ2) is 12.2. The van der Waals surface area contributed by atoms with Crippen molar-refractivity contribution in [2.45, 2.75) is 39.3 Å². The fourth-order valence-corrected chi connectivity index (χ4v) is 6.21. The number of fused-ring (bicyclic) bond motifs is 2. The van der Waals surface area contributed by atoms with Crippen LogP contribution in [0.1, 0.15) is 41.9 Å². The van der Waals surface area contributed by atoms with E-state index in [9.17, 15) is 9.59 Å². The third-order valence-corrected chi connectivity index (χ3v) is 8.61. The van der Waals surface area contributed by atoms with Crippen molar-refractivity contribution in [2.75, 3.05) is 41.8 Å². The first-order valence-electron chi connectivity index (χ1n) is 15.4. The van der Waals surface area contributed by atoms with Gasteiger partial charge in [0.1, 0.15) is 0 Å². The molecule has 12 heteroatoms. The van der Waals surface area contributed by atoms with Gasteiger partial charge in [0, 0.05) is 67.7 Å². The molecule has 3 aromatic heterocycles. The van der Waals surface area contributed by atoms with Crippen LogP contribution in [0.5, 0.6) is 0 Å². The zero-order valence-corrected chi connectivity index (χ0v) is 25.8. The summed E-state index contributed by atoms with van der Waals surface area (Å²) in [4.78, 5) is 47.4. The first-order chi connectivity index (χ1) is 22.3. The maximum atomic E-state index is 13.1. The van der Waals surface area contributed by atoms with Crippen LogP contribution in [0.2, 0.25) is 0 Å². The zero-order valence-electron chi connectivity index (χ0n) is 25.8. The van der Waals surface area contributed by atoms with Gasteiger partial charge < -0.3 is 30.0 Å². The fourth-order valence-electron chi connectivity index (χ4n) is 6.21. The van der Waals surface area contributed by atoms with Crippen molar-refractivity contribution in [3.63, 3.8) is 0 Å². The molecule has 1 atom stereocenters. The number of nitrogens with one attached hydrogen (secondary N) is 1. The third-order valence-electron chi connectivity index (χ3n) is 8.61. The number of aryl methyl sites for hydroxylation is 1. The highest BCUT2D eigenvalue weighted by atomic mass is 16.5. The predicted molar refractivity (Wildman–Crippen MR) is 175 cm³/mol. The molecule has 5 heterocycles. The Morgan fingerprint density at radius 1 is 0.978 bits per heavy atom. The second-order valence-electron chi connectivity index (χ2n) is 11.7. The number of aromatic nitrogens is 5. The number of hydrogen-bond acceptors (Lipinski definition) is 9. The minimum absolute atomic E-state index is 0.0624. The molecule has 2 aromatic carbocycles. The van der Waals surface area contributed by atoms with Crippen molar-refractivity contribution >= 4 is 34.9 Å². The lowest BCUT2D eigenvalue weighted by Gasteiger charge is -2.34. The molecule has 2 amide bonds. The summed E-state index contributed by atoms with van der Waals surface area (Å²) in [5.41, 5.74) is 13.3. The molecule has 1 fully saturated rings. The van der Waals surface area contributed by atoms with Gasteiger partial charge in [0.2, 0.25) is 11.9 Å². The Bertz CT molecular complexity index is 1920. The number of nitrogens with two attached hydrogens (primary N) is 1. The Balaban J connectivity index is 1.08. The van der Waals surface area contributed by atoms with Crippen molar-refractivity contribution in [3.8, 4) is 22.4 Å². The molecular weight excluding hydrogens is 582 g/mol. The van der Waals surface area contributed by atoms with E-state index in [1.165, 1.54) is 5.56 Å². The number of imidazole rings is 1. The minimum atomic E-state index is -0.189. The standard InChI is InChI=1S/C34H35N9O3/c1-21-3-4-26-15-25(9-10-30(26)43(21)22(2)44)23-5-7-24(8-6-23)33(45)36-18-28-19-42-20-29(27-16-37-34(35)38-17-27)40-32(31(42)39-28)41-11-13-46-14-12-41/h5-10,15-17,19-21H,3-4,11-14,18H2,1-2H3,(H,36,45)(H2,35,37,38)/t21-/m0/s1. The molecule has 0 saturated carbocycles. The molecule has 3 N–H and O–H groups in total. The van der Waals surface area contributed by atoms with E-state index in [1.54, 1.807) is 19.3 Å². The number of benzene rings is 2. The van der Waals surface area contributed by atoms with Gasteiger partial charge in [0.25, 0.3) is 5.91 Å². The number of ether oxygens (including phenoxy) is 1. The maximum absolute atomic E-state index is 13.1. The van der Waals surface area contributed by atoms with Crippen LogP contribution in [0, 0.1) is 0 Å². The normalized spacial score (nSPS) is 16.3. The highest BCUT2D eigenvalue weighted by molar-refractivity contribution is 5.95. The largest absolute Gasteiger partial charge is 0.378 e. The van der Waals surface area contributed by atoms with Gasteiger partial charge in [0.15, 0.2) is 11.5 Å². The van der Waals surface area contributed by atoms with E-state index >= 15 is 0 Å². The highest BCUT2D eigenvalue weighted by Gasteiger charge is 2.26. The van der Waals surface area contributed by atoms with Gasteiger partial charge in [-0.15, -0.1) is 0 Å². The van der Waals surface area contributed by atoms with Gasteiger partial charge in [-0.1, -0.05) is 18.2 Å². The number of amides is 2. The van der Waals surface area contributed by atoms with Gasteiger partial charge >= 0.3 is 0 Å². The van der Waals surface area contributed by atoms with Gasteiger partial charge in [-0.05, 0) is 60.7 Å². The minimum Gasteiger partial charge on any atom is -0.378 e. The van der Waals surface area contributed by atoms with E-state index in [1.807, 2.05) is 58.1 Å². The zero-order chi connectivity index (χ0) is 31.8. The van der Waals surface area contributed by atoms with Crippen LogP contribution < -0.4 is 20.9 Å². The number of anilines is 3. The van der Waals surface area contributed by atoms with Crippen molar-refractivity contribution < 1.29 is 14.3 Å². The van der Waals surface area contributed by atoms with Crippen LogP contribution in [-0.2, 0) is 22.5 Å². The molecule has 234 valence electrons. The first kappa shape index (κ1) is 29.4. The van der Waals surface area contributed by atoms with Crippen LogP contribution in [0.25, 0.3) is 28.0 Å². The number of carbonyl (C=O) groups is 2. The molecule has 12 nitrogen and oxygen atoms in total. The number of rotatable bonds is 6. The smallest absolute Gasteiger partial charge is 0.251 e. The van der Waals surface area contributed by atoms with E-state index in [0.29, 0.717) is 48.9 Å². The van der Waals surface area contributed by atoms with E-state index in [-0.39, 0.29) is 30.3 Å². The molecule has 0 aliphatic carbocycles. The molecule has 0 unspecified atom stereocenters. The summed E-state index contributed by atoms with van der Waals surface area (Å²) in [6.45, 7) is 6.56. The summed E-state index contributed by atoms with van der Waals surface area (Å²) in [5, 5.41) is 3.01. The average molecular weight is 618 g/mol. The van der Waals surface area contributed by atoms with Crippen LogP contribution >= 0.6 is 0 Å². The van der Waals surface area contributed by atoms with Crippen molar-refractivity contribution in [1.29, 1.82) is 0 Å². The molecule has 2 aliphatic heterocycles. The third kappa shape index (κ3) is 5.74. The first-order valence-corrected chi connectivity index (χ1v) is 15.4. The van der Waals surface area contributed by atoms with E-state index in [4.69, 9.17) is 20.4 Å². The topological polar surface area (TPSA) is 144 Å². The summed E-state index contributed by atoms with van der Waals surface area (Å²) in [5.74, 6) is 0.805. The summed E-state index contributed by atoms with van der Waals surface area (Å²) in [6, 6.07) is 14.0. The summed E-state index contributed by atoms with van der Waals surface area (Å²) in [6.07, 6.45) is 8.94. The van der Waals surface area contributed by atoms with Crippen LogP contribution in [-0.4, -0.2) is 68.5 Å². The van der Waals surface area contributed by atoms with Crippen molar-refractivity contribution in [2.24, 2.45) is 0 Å². The Morgan fingerprint density at radius 2 is 1.72 bits per heavy atom. The maximum Gasteiger partial charge on any atom is 0.251 e. The molecule has 5 aromatic rings. The lowest BCUT2D eigenvalue weighted by Crippen LogP contribution is -2.40. The van der Waals surface area contributed by atoms with Gasteiger partial charge in [-0.3, -0.25) is 9.59 Å².